The van der Waals surface area contributed by atoms with Gasteiger partial charge in [-0.3, -0.25) is 0 Å². The minimum absolute atomic E-state index is 0.0570. The van der Waals surface area contributed by atoms with Gasteiger partial charge in [0.05, 0.1) is 6.10 Å². The standard InChI is InChI=1S/C10H18O/c1-7(11)10-5-8-2-3-9(4-8)6-10/h7-11H,2-6H2,1H3. The van der Waals surface area contributed by atoms with E-state index in [-0.39, 0.29) is 6.10 Å². The van der Waals surface area contributed by atoms with E-state index in [9.17, 15) is 5.11 Å². The van der Waals surface area contributed by atoms with Crippen LogP contribution >= 0.6 is 0 Å². The normalized spacial score (nSPS) is 45.8. The summed E-state index contributed by atoms with van der Waals surface area (Å²) >= 11 is 0. The lowest BCUT2D eigenvalue weighted by Gasteiger charge is -2.29. The summed E-state index contributed by atoms with van der Waals surface area (Å²) in [7, 11) is 0. The zero-order valence-electron chi connectivity index (χ0n) is 7.29. The maximum atomic E-state index is 9.44. The van der Waals surface area contributed by atoms with Gasteiger partial charge in [-0.25, -0.2) is 0 Å². The molecule has 1 N–H and O–H groups in total. The van der Waals surface area contributed by atoms with Crippen LogP contribution in [0.25, 0.3) is 0 Å². The van der Waals surface area contributed by atoms with Crippen molar-refractivity contribution in [2.24, 2.45) is 17.8 Å². The zero-order valence-corrected chi connectivity index (χ0v) is 7.29. The van der Waals surface area contributed by atoms with Gasteiger partial charge in [0, 0.05) is 0 Å². The van der Waals surface area contributed by atoms with Crippen molar-refractivity contribution in [3.8, 4) is 0 Å². The Kier molecular flexibility index (Phi) is 1.92. The first-order chi connectivity index (χ1) is 5.25. The molecule has 64 valence electrons. The molecule has 2 aliphatic rings. The van der Waals surface area contributed by atoms with Gasteiger partial charge in [-0.05, 0) is 43.9 Å². The average Bonchev–Trinajstić information content (AvgIpc) is 2.30. The van der Waals surface area contributed by atoms with Crippen LogP contribution in [-0.4, -0.2) is 11.2 Å². The second-order valence-electron chi connectivity index (χ2n) is 4.52. The highest BCUT2D eigenvalue weighted by molar-refractivity contribution is 4.86. The summed E-state index contributed by atoms with van der Waals surface area (Å²) in [4.78, 5) is 0. The van der Waals surface area contributed by atoms with Crippen LogP contribution in [0.4, 0.5) is 0 Å². The molecule has 0 radical (unpaired) electrons. The quantitative estimate of drug-likeness (QED) is 0.614. The van der Waals surface area contributed by atoms with E-state index in [1.807, 2.05) is 6.92 Å². The minimum Gasteiger partial charge on any atom is -0.393 e. The second-order valence-corrected chi connectivity index (χ2v) is 4.52. The third-order valence-electron chi connectivity index (χ3n) is 3.60. The van der Waals surface area contributed by atoms with Crippen LogP contribution in [-0.2, 0) is 0 Å². The lowest BCUT2D eigenvalue weighted by Crippen LogP contribution is -2.24. The van der Waals surface area contributed by atoms with E-state index in [4.69, 9.17) is 0 Å². The van der Waals surface area contributed by atoms with Gasteiger partial charge in [0.2, 0.25) is 0 Å². The van der Waals surface area contributed by atoms with Gasteiger partial charge >= 0.3 is 0 Å². The number of fused-ring (bicyclic) bond motifs is 2. The summed E-state index contributed by atoms with van der Waals surface area (Å²) in [5.74, 6) is 2.56. The minimum atomic E-state index is -0.0570. The molecule has 0 amide bonds. The van der Waals surface area contributed by atoms with Gasteiger partial charge in [0.1, 0.15) is 0 Å². The Hall–Kier alpha value is -0.0400. The number of rotatable bonds is 1. The molecule has 2 rings (SSSR count). The molecule has 3 atom stereocenters. The van der Waals surface area contributed by atoms with Crippen LogP contribution in [0.1, 0.15) is 39.0 Å². The average molecular weight is 154 g/mol. The molecule has 0 aromatic heterocycles. The Balaban J connectivity index is 1.97. The molecule has 1 heteroatoms. The number of hydrogen-bond acceptors (Lipinski definition) is 1. The van der Waals surface area contributed by atoms with Crippen LogP contribution in [0.3, 0.4) is 0 Å². The third-order valence-corrected chi connectivity index (χ3v) is 3.60. The van der Waals surface area contributed by atoms with E-state index in [2.05, 4.69) is 0 Å². The first-order valence-corrected chi connectivity index (χ1v) is 4.93. The van der Waals surface area contributed by atoms with Crippen molar-refractivity contribution < 1.29 is 5.11 Å². The third kappa shape index (κ3) is 1.44. The molecular formula is C10H18O. The monoisotopic (exact) mass is 154 g/mol. The fourth-order valence-electron chi connectivity index (χ4n) is 2.95. The lowest BCUT2D eigenvalue weighted by atomic mass is 9.79. The van der Waals surface area contributed by atoms with E-state index in [1.165, 1.54) is 32.1 Å². The molecule has 2 aliphatic carbocycles. The first kappa shape index (κ1) is 7.60. The summed E-state index contributed by atoms with van der Waals surface area (Å²) in [6.45, 7) is 1.95. The van der Waals surface area contributed by atoms with Crippen LogP contribution in [0.5, 0.6) is 0 Å². The van der Waals surface area contributed by atoms with Crippen molar-refractivity contribution in [1.29, 1.82) is 0 Å². The Labute approximate surface area is 68.8 Å². The topological polar surface area (TPSA) is 20.2 Å². The Bertz CT molecular complexity index is 130. The van der Waals surface area contributed by atoms with Gasteiger partial charge in [-0.1, -0.05) is 12.8 Å². The fraction of sp³-hybridized carbons (Fsp3) is 1.00. The van der Waals surface area contributed by atoms with Crippen LogP contribution in [0.15, 0.2) is 0 Å². The highest BCUT2D eigenvalue weighted by Gasteiger charge is 2.35. The second kappa shape index (κ2) is 2.78. The SMILES string of the molecule is CC(O)C1CC2CCC(C2)C1. The van der Waals surface area contributed by atoms with Crippen molar-refractivity contribution in [3.05, 3.63) is 0 Å². The Morgan fingerprint density at radius 2 is 1.64 bits per heavy atom. The molecule has 0 saturated heterocycles. The smallest absolute Gasteiger partial charge is 0.0540 e. The predicted octanol–water partition coefficient (Wildman–Crippen LogP) is 2.19. The van der Waals surface area contributed by atoms with Gasteiger partial charge in [-0.15, -0.1) is 0 Å². The van der Waals surface area contributed by atoms with Crippen LogP contribution in [0, 0.1) is 17.8 Å². The van der Waals surface area contributed by atoms with Crippen molar-refractivity contribution in [2.75, 3.05) is 0 Å². The van der Waals surface area contributed by atoms with Crippen molar-refractivity contribution >= 4 is 0 Å². The molecular weight excluding hydrogens is 136 g/mol. The molecule has 0 aromatic carbocycles. The predicted molar refractivity (Wildman–Crippen MR) is 45.2 cm³/mol. The van der Waals surface area contributed by atoms with E-state index < -0.39 is 0 Å². The van der Waals surface area contributed by atoms with Crippen LogP contribution in [0.2, 0.25) is 0 Å². The molecule has 0 aliphatic heterocycles. The van der Waals surface area contributed by atoms with Crippen LogP contribution < -0.4 is 0 Å². The largest absolute Gasteiger partial charge is 0.393 e. The zero-order chi connectivity index (χ0) is 7.84. The highest BCUT2D eigenvalue weighted by atomic mass is 16.3. The van der Waals surface area contributed by atoms with Gasteiger partial charge in [0.15, 0.2) is 0 Å². The fourth-order valence-corrected chi connectivity index (χ4v) is 2.95. The number of hydrogen-bond donors (Lipinski definition) is 1. The molecule has 0 spiro atoms. The molecule has 0 aromatic rings. The maximum Gasteiger partial charge on any atom is 0.0540 e. The molecule has 2 saturated carbocycles. The molecule has 1 nitrogen and oxygen atoms in total. The van der Waals surface area contributed by atoms with Crippen molar-refractivity contribution in [2.45, 2.75) is 45.1 Å². The van der Waals surface area contributed by atoms with E-state index in [0.717, 1.165) is 11.8 Å². The lowest BCUT2D eigenvalue weighted by molar-refractivity contribution is 0.0801. The maximum absolute atomic E-state index is 9.44. The number of aliphatic hydroxyl groups is 1. The molecule has 11 heavy (non-hydrogen) atoms. The number of aliphatic hydroxyl groups excluding tert-OH is 1. The summed E-state index contributed by atoms with van der Waals surface area (Å²) in [6, 6.07) is 0. The van der Waals surface area contributed by atoms with Crippen molar-refractivity contribution in [3.63, 3.8) is 0 Å². The summed E-state index contributed by atoms with van der Waals surface area (Å²) < 4.78 is 0. The summed E-state index contributed by atoms with van der Waals surface area (Å²) in [6.07, 6.45) is 6.88. The van der Waals surface area contributed by atoms with E-state index in [1.54, 1.807) is 0 Å². The summed E-state index contributed by atoms with van der Waals surface area (Å²) in [5, 5.41) is 9.44. The summed E-state index contributed by atoms with van der Waals surface area (Å²) in [5.41, 5.74) is 0. The van der Waals surface area contributed by atoms with Crippen molar-refractivity contribution in [1.82, 2.24) is 0 Å². The highest BCUT2D eigenvalue weighted by Crippen LogP contribution is 2.45. The van der Waals surface area contributed by atoms with Gasteiger partial charge in [0.25, 0.3) is 0 Å². The van der Waals surface area contributed by atoms with Gasteiger partial charge in [-0.2, -0.15) is 0 Å². The van der Waals surface area contributed by atoms with E-state index in [0.29, 0.717) is 5.92 Å². The molecule has 0 heterocycles. The molecule has 2 fully saturated rings. The molecule has 3 unspecified atom stereocenters. The first-order valence-electron chi connectivity index (χ1n) is 4.93. The van der Waals surface area contributed by atoms with E-state index >= 15 is 0 Å². The Morgan fingerprint density at radius 1 is 1.09 bits per heavy atom. The Morgan fingerprint density at radius 3 is 2.09 bits per heavy atom. The molecule has 2 bridgehead atoms. The van der Waals surface area contributed by atoms with Gasteiger partial charge < -0.3 is 5.11 Å².